The highest BCUT2D eigenvalue weighted by molar-refractivity contribution is 5.75. The van der Waals surface area contributed by atoms with Crippen LogP contribution in [-0.2, 0) is 26.6 Å². The Balaban J connectivity index is 1.84. The monoisotopic (exact) mass is 393 g/mol. The SMILES string of the molecule is Cc1cn2c3c(=O)n(CCC(C)C)c(=O)n(C)c3nc2n1CCc1ccccc1. The van der Waals surface area contributed by atoms with E-state index in [9.17, 15) is 9.59 Å². The summed E-state index contributed by atoms with van der Waals surface area (Å²) in [5, 5.41) is 0. The van der Waals surface area contributed by atoms with E-state index < -0.39 is 0 Å². The van der Waals surface area contributed by atoms with E-state index in [1.165, 1.54) is 14.7 Å². The van der Waals surface area contributed by atoms with Crippen LogP contribution in [0.3, 0.4) is 0 Å². The largest absolute Gasteiger partial charge is 0.332 e. The maximum atomic E-state index is 13.2. The lowest BCUT2D eigenvalue weighted by Crippen LogP contribution is -2.39. The minimum atomic E-state index is -0.309. The molecule has 0 bridgehead atoms. The molecule has 0 saturated heterocycles. The third-order valence-electron chi connectivity index (χ3n) is 5.54. The molecule has 0 unspecified atom stereocenters. The lowest BCUT2D eigenvalue weighted by Gasteiger charge is -2.09. The average Bonchev–Trinajstić information content (AvgIpc) is 3.20. The van der Waals surface area contributed by atoms with Gasteiger partial charge in [0.2, 0.25) is 5.78 Å². The van der Waals surface area contributed by atoms with E-state index in [1.54, 1.807) is 7.05 Å². The van der Waals surface area contributed by atoms with Crippen LogP contribution in [0, 0.1) is 12.8 Å². The van der Waals surface area contributed by atoms with Crippen molar-refractivity contribution in [2.75, 3.05) is 0 Å². The van der Waals surface area contributed by atoms with Crippen molar-refractivity contribution < 1.29 is 0 Å². The Morgan fingerprint density at radius 2 is 1.76 bits per heavy atom. The number of rotatable bonds is 6. The molecule has 0 aliphatic rings. The third kappa shape index (κ3) is 3.30. The van der Waals surface area contributed by atoms with Gasteiger partial charge in [0.05, 0.1) is 0 Å². The molecular formula is C22H27N5O2. The fourth-order valence-corrected chi connectivity index (χ4v) is 3.80. The maximum Gasteiger partial charge on any atom is 0.332 e. The molecule has 0 radical (unpaired) electrons. The van der Waals surface area contributed by atoms with Crippen LogP contribution in [-0.4, -0.2) is 23.1 Å². The number of aryl methyl sites for hydroxylation is 4. The summed E-state index contributed by atoms with van der Waals surface area (Å²) in [5.74, 6) is 1.11. The van der Waals surface area contributed by atoms with Crippen molar-refractivity contribution in [3.05, 3.63) is 68.6 Å². The molecule has 0 amide bonds. The van der Waals surface area contributed by atoms with Gasteiger partial charge in [-0.15, -0.1) is 0 Å². The molecule has 0 spiro atoms. The Labute approximate surface area is 168 Å². The molecule has 29 heavy (non-hydrogen) atoms. The summed E-state index contributed by atoms with van der Waals surface area (Å²) < 4.78 is 6.77. The molecule has 4 aromatic rings. The second-order valence-electron chi connectivity index (χ2n) is 8.09. The van der Waals surface area contributed by atoms with E-state index in [0.29, 0.717) is 29.4 Å². The van der Waals surface area contributed by atoms with Gasteiger partial charge in [-0.3, -0.25) is 18.3 Å². The normalized spacial score (nSPS) is 11.9. The topological polar surface area (TPSA) is 66.2 Å². The molecule has 0 fully saturated rings. The Morgan fingerprint density at radius 3 is 2.45 bits per heavy atom. The van der Waals surface area contributed by atoms with E-state index in [1.807, 2.05) is 35.7 Å². The van der Waals surface area contributed by atoms with Crippen LogP contribution in [0.4, 0.5) is 0 Å². The van der Waals surface area contributed by atoms with Crippen LogP contribution in [0.2, 0.25) is 0 Å². The number of fused-ring (bicyclic) bond motifs is 3. The van der Waals surface area contributed by atoms with Gasteiger partial charge in [0.1, 0.15) is 0 Å². The predicted molar refractivity (Wildman–Crippen MR) is 115 cm³/mol. The van der Waals surface area contributed by atoms with E-state index in [-0.39, 0.29) is 11.2 Å². The number of imidazole rings is 2. The zero-order valence-corrected chi connectivity index (χ0v) is 17.4. The van der Waals surface area contributed by atoms with E-state index in [4.69, 9.17) is 0 Å². The Hall–Kier alpha value is -3.09. The summed E-state index contributed by atoms with van der Waals surface area (Å²) in [6.07, 6.45) is 3.58. The molecule has 7 nitrogen and oxygen atoms in total. The van der Waals surface area contributed by atoms with E-state index in [2.05, 4.69) is 35.5 Å². The minimum Gasteiger partial charge on any atom is -0.314 e. The van der Waals surface area contributed by atoms with E-state index >= 15 is 0 Å². The number of hydrogen-bond acceptors (Lipinski definition) is 3. The lowest BCUT2D eigenvalue weighted by atomic mass is 10.1. The third-order valence-corrected chi connectivity index (χ3v) is 5.54. The molecule has 0 atom stereocenters. The van der Waals surface area contributed by atoms with Crippen molar-refractivity contribution in [3.63, 3.8) is 0 Å². The van der Waals surface area contributed by atoms with Gasteiger partial charge in [-0.05, 0) is 31.2 Å². The summed E-state index contributed by atoms with van der Waals surface area (Å²) in [5.41, 5.74) is 2.61. The van der Waals surface area contributed by atoms with Crippen molar-refractivity contribution in [3.8, 4) is 0 Å². The number of nitrogens with zero attached hydrogens (tertiary/aromatic N) is 5. The first-order valence-corrected chi connectivity index (χ1v) is 10.1. The summed E-state index contributed by atoms with van der Waals surface area (Å²) >= 11 is 0. The number of benzene rings is 1. The predicted octanol–water partition coefficient (Wildman–Crippen LogP) is 2.75. The fraction of sp³-hybridized carbons (Fsp3) is 0.409. The van der Waals surface area contributed by atoms with Gasteiger partial charge >= 0.3 is 5.69 Å². The average molecular weight is 393 g/mol. The van der Waals surface area contributed by atoms with Gasteiger partial charge in [-0.2, -0.15) is 4.98 Å². The Bertz CT molecular complexity index is 1290. The zero-order valence-electron chi connectivity index (χ0n) is 17.4. The van der Waals surface area contributed by atoms with Gasteiger partial charge in [-0.1, -0.05) is 44.2 Å². The zero-order chi connectivity index (χ0) is 20.7. The highest BCUT2D eigenvalue weighted by Crippen LogP contribution is 2.17. The van der Waals surface area contributed by atoms with Crippen molar-refractivity contribution in [2.24, 2.45) is 13.0 Å². The molecule has 152 valence electrons. The maximum absolute atomic E-state index is 13.2. The van der Waals surface area contributed by atoms with Crippen molar-refractivity contribution in [1.82, 2.24) is 23.1 Å². The second-order valence-corrected chi connectivity index (χ2v) is 8.09. The standard InChI is InChI=1S/C22H27N5O2/c1-15(2)10-12-26-20(28)18-19(24(4)22(26)29)23-21-25(16(3)14-27(18)21)13-11-17-8-6-5-7-9-17/h5-9,14-15H,10-13H2,1-4H3. The molecule has 7 heteroatoms. The minimum absolute atomic E-state index is 0.267. The Kier molecular flexibility index (Phi) is 4.90. The van der Waals surface area contributed by atoms with Crippen molar-refractivity contribution in [2.45, 2.75) is 46.7 Å². The van der Waals surface area contributed by atoms with Crippen LogP contribution in [0.5, 0.6) is 0 Å². The molecule has 4 rings (SSSR count). The van der Waals surface area contributed by atoms with Crippen molar-refractivity contribution >= 4 is 16.9 Å². The summed E-state index contributed by atoms with van der Waals surface area (Å²) in [7, 11) is 1.68. The van der Waals surface area contributed by atoms with Crippen LogP contribution < -0.4 is 11.2 Å². The van der Waals surface area contributed by atoms with Crippen molar-refractivity contribution in [1.29, 1.82) is 0 Å². The van der Waals surface area contributed by atoms with Gasteiger partial charge in [0.15, 0.2) is 11.2 Å². The molecule has 1 aromatic carbocycles. The molecular weight excluding hydrogens is 366 g/mol. The highest BCUT2D eigenvalue weighted by atomic mass is 16.2. The highest BCUT2D eigenvalue weighted by Gasteiger charge is 2.20. The number of aromatic nitrogens is 5. The molecule has 0 N–H and O–H groups in total. The first kappa shape index (κ1) is 19.2. The number of hydrogen-bond donors (Lipinski definition) is 0. The quantitative estimate of drug-likeness (QED) is 0.506. The lowest BCUT2D eigenvalue weighted by molar-refractivity contribution is 0.488. The first-order chi connectivity index (χ1) is 13.9. The van der Waals surface area contributed by atoms with Gasteiger partial charge < -0.3 is 4.57 Å². The second kappa shape index (κ2) is 7.39. The van der Waals surface area contributed by atoms with Gasteiger partial charge in [-0.25, -0.2) is 4.79 Å². The molecule has 0 aliphatic carbocycles. The summed E-state index contributed by atoms with van der Waals surface area (Å²) in [4.78, 5) is 30.6. The van der Waals surface area contributed by atoms with Crippen LogP contribution in [0.1, 0.15) is 31.5 Å². The summed E-state index contributed by atoms with van der Waals surface area (Å²) in [6, 6.07) is 10.3. The van der Waals surface area contributed by atoms with Crippen LogP contribution in [0.25, 0.3) is 16.9 Å². The smallest absolute Gasteiger partial charge is 0.314 e. The molecule has 0 saturated carbocycles. The molecule has 3 aromatic heterocycles. The molecule has 0 aliphatic heterocycles. The fourth-order valence-electron chi connectivity index (χ4n) is 3.80. The first-order valence-electron chi connectivity index (χ1n) is 10.1. The van der Waals surface area contributed by atoms with Crippen LogP contribution in [0.15, 0.2) is 46.1 Å². The summed E-state index contributed by atoms with van der Waals surface area (Å²) in [6.45, 7) is 7.36. The van der Waals surface area contributed by atoms with Gasteiger partial charge in [0, 0.05) is 32.0 Å². The van der Waals surface area contributed by atoms with Crippen LogP contribution >= 0.6 is 0 Å². The molecule has 3 heterocycles. The van der Waals surface area contributed by atoms with Gasteiger partial charge in [0.25, 0.3) is 5.56 Å². The van der Waals surface area contributed by atoms with E-state index in [0.717, 1.165) is 25.1 Å². The Morgan fingerprint density at radius 1 is 1.03 bits per heavy atom.